The normalized spacial score (nSPS) is 15.1. The molecule has 2 heterocycles. The van der Waals surface area contributed by atoms with E-state index in [1.165, 1.54) is 6.20 Å². The molecule has 31 heavy (non-hydrogen) atoms. The zero-order valence-electron chi connectivity index (χ0n) is 17.3. The van der Waals surface area contributed by atoms with E-state index in [0.29, 0.717) is 28.6 Å². The van der Waals surface area contributed by atoms with Gasteiger partial charge in [-0.2, -0.15) is 0 Å². The number of ether oxygens (including phenoxy) is 3. The molecule has 0 aliphatic carbocycles. The highest BCUT2D eigenvalue weighted by atomic mass is 16.5. The van der Waals surface area contributed by atoms with E-state index in [0.717, 1.165) is 11.3 Å². The fourth-order valence-electron chi connectivity index (χ4n) is 3.93. The smallest absolute Gasteiger partial charge is 0.339 e. The molecule has 1 aliphatic rings. The van der Waals surface area contributed by atoms with E-state index >= 15 is 0 Å². The summed E-state index contributed by atoms with van der Waals surface area (Å²) in [5.74, 6) is 0.0582. The van der Waals surface area contributed by atoms with Crippen LogP contribution in [0, 0.1) is 0 Å². The molecule has 1 aliphatic heterocycles. The first-order chi connectivity index (χ1) is 15.0. The number of aromatic nitrogens is 1. The highest BCUT2D eigenvalue weighted by Gasteiger charge is 2.34. The number of fused-ring (bicyclic) bond motifs is 1. The van der Waals surface area contributed by atoms with Gasteiger partial charge >= 0.3 is 5.97 Å². The molecule has 8 nitrogen and oxygen atoms in total. The molecule has 4 rings (SSSR count). The van der Waals surface area contributed by atoms with Gasteiger partial charge in [-0.1, -0.05) is 6.07 Å². The SMILES string of the molecule is COc1ccc(-n2cc(C(=O)O)c3c2[C@@H](c2ccc(OC)c(OC)c2)CC(=O)N3)cc1. The van der Waals surface area contributed by atoms with Crippen molar-refractivity contribution in [1.29, 1.82) is 0 Å². The average Bonchev–Trinajstić information content (AvgIpc) is 3.17. The molecule has 0 saturated carbocycles. The van der Waals surface area contributed by atoms with Crippen LogP contribution in [-0.4, -0.2) is 42.9 Å². The average molecular weight is 422 g/mol. The number of anilines is 1. The van der Waals surface area contributed by atoms with Crippen molar-refractivity contribution in [3.8, 4) is 22.9 Å². The summed E-state index contributed by atoms with van der Waals surface area (Å²) >= 11 is 0. The molecule has 1 atom stereocenters. The number of methoxy groups -OCH3 is 3. The van der Waals surface area contributed by atoms with Gasteiger partial charge in [-0.3, -0.25) is 4.79 Å². The summed E-state index contributed by atoms with van der Waals surface area (Å²) in [6, 6.07) is 12.7. The van der Waals surface area contributed by atoms with E-state index in [-0.39, 0.29) is 23.8 Å². The van der Waals surface area contributed by atoms with Gasteiger partial charge in [0, 0.05) is 24.2 Å². The first-order valence-electron chi connectivity index (χ1n) is 9.61. The lowest BCUT2D eigenvalue weighted by Crippen LogP contribution is -2.25. The number of carboxylic acid groups (broad SMARTS) is 1. The molecule has 8 heteroatoms. The second-order valence-electron chi connectivity index (χ2n) is 7.10. The van der Waals surface area contributed by atoms with Gasteiger partial charge in [0.15, 0.2) is 11.5 Å². The third-order valence-electron chi connectivity index (χ3n) is 5.42. The number of hydrogen-bond donors (Lipinski definition) is 2. The molecule has 1 amide bonds. The third kappa shape index (κ3) is 3.56. The van der Waals surface area contributed by atoms with Crippen LogP contribution < -0.4 is 19.5 Å². The number of hydrogen-bond acceptors (Lipinski definition) is 5. The van der Waals surface area contributed by atoms with E-state index in [2.05, 4.69) is 5.32 Å². The molecule has 0 fully saturated rings. The van der Waals surface area contributed by atoms with Crippen LogP contribution in [0.5, 0.6) is 17.2 Å². The second-order valence-corrected chi connectivity index (χ2v) is 7.10. The van der Waals surface area contributed by atoms with Crippen molar-refractivity contribution in [2.45, 2.75) is 12.3 Å². The van der Waals surface area contributed by atoms with Crippen molar-refractivity contribution >= 4 is 17.6 Å². The van der Waals surface area contributed by atoms with Crippen LogP contribution in [0.25, 0.3) is 5.69 Å². The molecular weight excluding hydrogens is 400 g/mol. The molecule has 2 N–H and O–H groups in total. The predicted molar refractivity (Wildman–Crippen MR) is 114 cm³/mol. The maximum Gasteiger partial charge on any atom is 0.339 e. The number of amides is 1. The standard InChI is InChI=1S/C23H22N2O6/c1-29-15-7-5-14(6-8-15)25-12-17(23(27)28)21-22(25)16(11-20(26)24-21)13-4-9-18(30-2)19(10-13)31-3/h4-10,12,16H,11H2,1-3H3,(H,24,26)(H,27,28)/t16-/m1/s1. The minimum Gasteiger partial charge on any atom is -0.497 e. The van der Waals surface area contributed by atoms with Gasteiger partial charge in [-0.05, 0) is 42.0 Å². The van der Waals surface area contributed by atoms with Crippen LogP contribution in [0.15, 0.2) is 48.7 Å². The van der Waals surface area contributed by atoms with Gasteiger partial charge < -0.3 is 29.2 Å². The van der Waals surface area contributed by atoms with Crippen molar-refractivity contribution in [3.63, 3.8) is 0 Å². The van der Waals surface area contributed by atoms with Crippen molar-refractivity contribution in [2.24, 2.45) is 0 Å². The second kappa shape index (κ2) is 8.06. The number of aromatic carboxylic acids is 1. The van der Waals surface area contributed by atoms with Gasteiger partial charge in [0.2, 0.25) is 5.91 Å². The van der Waals surface area contributed by atoms with Crippen molar-refractivity contribution in [2.75, 3.05) is 26.6 Å². The van der Waals surface area contributed by atoms with Gasteiger partial charge in [0.1, 0.15) is 11.3 Å². The third-order valence-corrected chi connectivity index (χ3v) is 5.42. The van der Waals surface area contributed by atoms with Crippen molar-refractivity contribution in [3.05, 3.63) is 65.5 Å². The van der Waals surface area contributed by atoms with Gasteiger partial charge in [0.05, 0.1) is 32.7 Å². The van der Waals surface area contributed by atoms with Crippen molar-refractivity contribution < 1.29 is 28.9 Å². The number of rotatable bonds is 6. The Hall–Kier alpha value is -3.94. The Kier molecular flexibility index (Phi) is 5.29. The zero-order valence-corrected chi connectivity index (χ0v) is 17.3. The first kappa shape index (κ1) is 20.3. The summed E-state index contributed by atoms with van der Waals surface area (Å²) in [6.07, 6.45) is 1.70. The molecule has 1 aromatic heterocycles. The summed E-state index contributed by atoms with van der Waals surface area (Å²) in [6.45, 7) is 0. The van der Waals surface area contributed by atoms with Crippen LogP contribution in [-0.2, 0) is 4.79 Å². The monoisotopic (exact) mass is 422 g/mol. The summed E-state index contributed by atoms with van der Waals surface area (Å²) in [4.78, 5) is 24.4. The number of carbonyl (C=O) groups excluding carboxylic acids is 1. The number of nitrogens with zero attached hydrogens (tertiary/aromatic N) is 1. The van der Waals surface area contributed by atoms with Crippen molar-refractivity contribution in [1.82, 2.24) is 4.57 Å². The summed E-state index contributed by atoms with van der Waals surface area (Å²) in [5, 5.41) is 12.5. The lowest BCUT2D eigenvalue weighted by atomic mass is 9.88. The van der Waals surface area contributed by atoms with Gasteiger partial charge in [-0.25, -0.2) is 4.79 Å². The summed E-state index contributed by atoms with van der Waals surface area (Å²) < 4.78 is 17.8. The topological polar surface area (TPSA) is 99.0 Å². The number of carbonyl (C=O) groups is 2. The van der Waals surface area contributed by atoms with Crippen LogP contribution in [0.2, 0.25) is 0 Å². The Bertz CT molecular complexity index is 1150. The fourth-order valence-corrected chi connectivity index (χ4v) is 3.93. The molecule has 160 valence electrons. The minimum atomic E-state index is -1.11. The fraction of sp³-hybridized carbons (Fsp3) is 0.217. The molecule has 2 aromatic carbocycles. The molecule has 0 unspecified atom stereocenters. The Morgan fingerprint density at radius 3 is 2.35 bits per heavy atom. The van der Waals surface area contributed by atoms with E-state index in [9.17, 15) is 14.7 Å². The van der Waals surface area contributed by atoms with Gasteiger partial charge in [0.25, 0.3) is 0 Å². The highest BCUT2D eigenvalue weighted by Crippen LogP contribution is 2.43. The maximum absolute atomic E-state index is 12.5. The molecule has 0 saturated heterocycles. The van der Waals surface area contributed by atoms with Crippen LogP contribution in [0.3, 0.4) is 0 Å². The maximum atomic E-state index is 12.5. The van der Waals surface area contributed by atoms with E-state index in [1.54, 1.807) is 44.1 Å². The Balaban J connectivity index is 1.92. The van der Waals surface area contributed by atoms with E-state index in [4.69, 9.17) is 14.2 Å². The molecule has 3 aromatic rings. The minimum absolute atomic E-state index is 0.0318. The molecule has 0 radical (unpaired) electrons. The molecule has 0 spiro atoms. The lowest BCUT2D eigenvalue weighted by Gasteiger charge is -2.26. The Labute approximate surface area is 179 Å². The Morgan fingerprint density at radius 2 is 1.74 bits per heavy atom. The predicted octanol–water partition coefficient (Wildman–Crippen LogP) is 3.68. The largest absolute Gasteiger partial charge is 0.497 e. The highest BCUT2D eigenvalue weighted by molar-refractivity contribution is 6.04. The number of carboxylic acids is 1. The van der Waals surface area contributed by atoms with E-state index in [1.807, 2.05) is 24.3 Å². The van der Waals surface area contributed by atoms with Crippen LogP contribution in [0.4, 0.5) is 5.69 Å². The summed E-state index contributed by atoms with van der Waals surface area (Å²) in [7, 11) is 4.68. The number of nitrogens with one attached hydrogen (secondary N) is 1. The zero-order chi connectivity index (χ0) is 22.1. The number of benzene rings is 2. The van der Waals surface area contributed by atoms with Crippen LogP contribution in [0.1, 0.15) is 34.0 Å². The quantitative estimate of drug-likeness (QED) is 0.629. The molecular formula is C23H22N2O6. The lowest BCUT2D eigenvalue weighted by molar-refractivity contribution is -0.116. The molecule has 0 bridgehead atoms. The Morgan fingerprint density at radius 1 is 1.03 bits per heavy atom. The van der Waals surface area contributed by atoms with E-state index < -0.39 is 5.97 Å². The summed E-state index contributed by atoms with van der Waals surface area (Å²) in [5.41, 5.74) is 2.60. The first-order valence-corrected chi connectivity index (χ1v) is 9.61. The van der Waals surface area contributed by atoms with Crippen LogP contribution >= 0.6 is 0 Å². The van der Waals surface area contributed by atoms with Gasteiger partial charge in [-0.15, -0.1) is 0 Å².